The summed E-state index contributed by atoms with van der Waals surface area (Å²) in [6.45, 7) is 10.9. The molecule has 7 aromatic rings. The number of nitrogens with zero attached hydrogens (tertiary/aromatic N) is 6. The van der Waals surface area contributed by atoms with Crippen molar-refractivity contribution in [2.45, 2.75) is 41.5 Å². The molecule has 3 aromatic heterocycles. The van der Waals surface area contributed by atoms with Gasteiger partial charge in [-0.05, 0) is 56.0 Å². The minimum absolute atomic E-state index is 0. The number of anilines is 1. The number of ether oxygens (including phenoxy) is 3. The highest BCUT2D eigenvalue weighted by atomic mass is 127. The largest absolute Gasteiger partial charge is 1.00 e. The number of nitrogen functional groups attached to an aromatic ring is 1. The number of carboxylic acid groups (broad SMARTS) is 1. The van der Waals surface area contributed by atoms with E-state index >= 15 is 0 Å². The lowest BCUT2D eigenvalue weighted by Gasteiger charge is -2.25. The van der Waals surface area contributed by atoms with Gasteiger partial charge >= 0.3 is 23.9 Å². The molecule has 0 aliphatic rings. The number of benzene rings is 4. The summed E-state index contributed by atoms with van der Waals surface area (Å²) in [5, 5.41) is 29.8. The molecule has 0 aliphatic heterocycles. The molecule has 22 nitrogen and oxygen atoms in total. The number of alkyl halides is 1. The minimum Gasteiger partial charge on any atom is -1.00 e. The highest BCUT2D eigenvalue weighted by Crippen LogP contribution is 2.35. The van der Waals surface area contributed by atoms with Gasteiger partial charge in [-0.3, -0.25) is 24.7 Å². The van der Waals surface area contributed by atoms with Gasteiger partial charge in [0.05, 0.1) is 61.9 Å². The van der Waals surface area contributed by atoms with Crippen LogP contribution in [0.15, 0.2) is 110 Å². The molecule has 394 valence electrons. The summed E-state index contributed by atoms with van der Waals surface area (Å²) in [7, 11) is 6.20. The van der Waals surface area contributed by atoms with Crippen LogP contribution >= 0.6 is 22.6 Å². The maximum absolute atomic E-state index is 12.1. The van der Waals surface area contributed by atoms with Crippen molar-refractivity contribution in [3.63, 3.8) is 0 Å². The standard InChI is InChI=1S/C16H21N2O3.C13H12N2O5.C13H14N2O3.C7H5NO4.CH3I.HI/c1-6-20-16(19)15-14(17-11(2)21-15)12-9-7-8-10-13(12)18(3,4)5;1-3-19-13(16)12-11(14-8(2)20-12)9-6-4-5-7-10(9)15(17)18;1-3-17-13(16)12-11(15-8(2)18-12)9-6-4-5-7-10(9)14;9-7(10)5-3-1-2-4-6(5)8(11)12;1-2;/h7-10H,6H2,1-5H3;4-7H,3H2,1-2H3;4-7H,3,14H2,1-2H3;1-4H,(H,9,10);1H3;1H/q+1;;;;;/p-1. The Labute approximate surface area is 456 Å². The summed E-state index contributed by atoms with van der Waals surface area (Å²) >= 11 is 2.15. The lowest BCUT2D eigenvalue weighted by molar-refractivity contribution is -0.385. The van der Waals surface area contributed by atoms with E-state index < -0.39 is 33.7 Å². The average Bonchev–Trinajstić information content (AvgIpc) is 4.08. The van der Waals surface area contributed by atoms with Crippen LogP contribution in [-0.2, 0) is 14.2 Å². The van der Waals surface area contributed by atoms with E-state index in [1.807, 2.05) is 41.3 Å². The van der Waals surface area contributed by atoms with E-state index in [0.29, 0.717) is 45.5 Å². The van der Waals surface area contributed by atoms with Gasteiger partial charge in [0.15, 0.2) is 17.7 Å². The SMILES string of the molecule is CCOC(=O)c1oc(C)nc1-c1ccccc1N.CCOC(=O)c1oc(C)nc1-c1ccccc1[N+](=O)[O-].CCOC(=O)c1oc(C)nc1-c1ccccc1[N+](C)(C)C.CI.O=C(O)c1ccccc1[N+](=O)[O-].[I-]. The molecule has 3 N–H and O–H groups in total. The maximum atomic E-state index is 12.1. The number of hydrogen-bond donors (Lipinski definition) is 2. The Morgan fingerprint density at radius 1 is 0.581 bits per heavy atom. The normalized spacial score (nSPS) is 10.1. The van der Waals surface area contributed by atoms with Crippen LogP contribution in [0.4, 0.5) is 22.7 Å². The van der Waals surface area contributed by atoms with Crippen molar-refractivity contribution >= 4 is 69.2 Å². The molecule has 0 spiro atoms. The van der Waals surface area contributed by atoms with E-state index in [9.17, 15) is 39.4 Å². The molecule has 3 heterocycles. The summed E-state index contributed by atoms with van der Waals surface area (Å²) in [5.74, 6) is -1.79. The summed E-state index contributed by atoms with van der Waals surface area (Å²) in [5.41, 5.74) is 9.48. The Kier molecular flexibility index (Phi) is 25.2. The molecule has 74 heavy (non-hydrogen) atoms. The van der Waals surface area contributed by atoms with Gasteiger partial charge in [-0.1, -0.05) is 77.2 Å². The van der Waals surface area contributed by atoms with Crippen LogP contribution in [0, 0.1) is 41.0 Å². The third-order valence-corrected chi connectivity index (χ3v) is 9.37. The predicted molar refractivity (Wildman–Crippen MR) is 279 cm³/mol. The number of aromatic nitrogens is 3. The van der Waals surface area contributed by atoms with Gasteiger partial charge in [0.2, 0.25) is 17.3 Å². The van der Waals surface area contributed by atoms with Gasteiger partial charge in [0.1, 0.15) is 28.3 Å². The smallest absolute Gasteiger partial charge is 0.376 e. The van der Waals surface area contributed by atoms with Gasteiger partial charge in [-0.15, -0.1) is 0 Å². The lowest BCUT2D eigenvalue weighted by Crippen LogP contribution is -3.00. The maximum Gasteiger partial charge on any atom is 0.376 e. The van der Waals surface area contributed by atoms with Gasteiger partial charge < -0.3 is 62.3 Å². The molecular weight excluding hydrogens is 1190 g/mol. The number of aromatic carboxylic acids is 1. The quantitative estimate of drug-likeness (QED) is 0.0165. The Morgan fingerprint density at radius 3 is 1.30 bits per heavy atom. The first-order valence-corrected chi connectivity index (χ1v) is 24.1. The fourth-order valence-electron chi connectivity index (χ4n) is 6.45. The van der Waals surface area contributed by atoms with E-state index in [2.05, 4.69) is 58.7 Å². The van der Waals surface area contributed by atoms with E-state index in [-0.39, 0.29) is 88.6 Å². The number of carbonyl (C=O) groups excluding carboxylic acids is 3. The number of aryl methyl sites for hydroxylation is 3. The molecule has 0 saturated carbocycles. The topological polar surface area (TPSA) is 307 Å². The zero-order valence-corrected chi connectivity index (χ0v) is 46.4. The van der Waals surface area contributed by atoms with Crippen molar-refractivity contribution in [1.29, 1.82) is 0 Å². The van der Waals surface area contributed by atoms with Crippen LogP contribution in [0.25, 0.3) is 33.8 Å². The molecule has 24 heteroatoms. The Balaban J connectivity index is 0.000000338. The molecule has 7 rings (SSSR count). The third kappa shape index (κ3) is 17.0. The van der Waals surface area contributed by atoms with E-state index in [0.717, 1.165) is 17.3 Å². The van der Waals surface area contributed by atoms with Crippen LogP contribution in [-0.4, -0.2) is 99.7 Å². The fraction of sp³-hybridized carbons (Fsp3) is 0.260. The number of oxazole rings is 3. The van der Waals surface area contributed by atoms with Crippen molar-refractivity contribution in [2.24, 2.45) is 0 Å². The number of nitro benzene ring substituents is 2. The first-order chi connectivity index (χ1) is 34.6. The number of rotatable bonds is 13. The molecule has 4 aromatic carbocycles. The average molecular weight is 1250 g/mol. The molecule has 0 atom stereocenters. The lowest BCUT2D eigenvalue weighted by atomic mass is 10.1. The Bertz CT molecular complexity index is 3000. The molecule has 0 radical (unpaired) electrons. The van der Waals surface area contributed by atoms with Crippen molar-refractivity contribution in [3.8, 4) is 33.8 Å². The van der Waals surface area contributed by atoms with E-state index in [1.54, 1.807) is 65.8 Å². The second-order valence-corrected chi connectivity index (χ2v) is 15.4. The van der Waals surface area contributed by atoms with Gasteiger partial charge in [0, 0.05) is 44.2 Å². The van der Waals surface area contributed by atoms with Crippen molar-refractivity contribution in [3.05, 3.63) is 158 Å². The number of halogens is 2. The number of carbonyl (C=O) groups is 4. The van der Waals surface area contributed by atoms with Crippen molar-refractivity contribution in [1.82, 2.24) is 19.4 Å². The second kappa shape index (κ2) is 29.8. The Hall–Kier alpha value is -7.59. The van der Waals surface area contributed by atoms with Gasteiger partial charge in [-0.25, -0.2) is 34.1 Å². The van der Waals surface area contributed by atoms with E-state index in [1.165, 1.54) is 30.3 Å². The highest BCUT2D eigenvalue weighted by Gasteiger charge is 2.29. The molecule has 0 aliphatic carbocycles. The van der Waals surface area contributed by atoms with Crippen molar-refractivity contribution < 1.29 is 85.6 Å². The van der Waals surface area contributed by atoms with Gasteiger partial charge in [-0.2, -0.15) is 0 Å². The predicted octanol–water partition coefficient (Wildman–Crippen LogP) is 7.52. The number of esters is 3. The molecular formula is C50H55I2N7O15. The van der Waals surface area contributed by atoms with Crippen LogP contribution in [0.2, 0.25) is 0 Å². The highest BCUT2D eigenvalue weighted by molar-refractivity contribution is 14.1. The number of hydrogen-bond acceptors (Lipinski definition) is 18. The monoisotopic (exact) mass is 1250 g/mol. The first-order valence-electron chi connectivity index (χ1n) is 21.9. The zero-order valence-electron chi connectivity index (χ0n) is 42.0. The number of nitrogens with two attached hydrogens (primary N) is 1. The van der Waals surface area contributed by atoms with Crippen LogP contribution in [0.3, 0.4) is 0 Å². The van der Waals surface area contributed by atoms with E-state index in [4.69, 9.17) is 38.3 Å². The Morgan fingerprint density at radius 2 is 0.919 bits per heavy atom. The molecule has 0 amide bonds. The number of carboxylic acids is 1. The number of quaternary nitrogens is 1. The number of nitro groups is 2. The fourth-order valence-corrected chi connectivity index (χ4v) is 6.45. The minimum atomic E-state index is -1.29. The summed E-state index contributed by atoms with van der Waals surface area (Å²) in [6, 6.07) is 26.3. The second-order valence-electron chi connectivity index (χ2n) is 15.4. The molecule has 0 saturated heterocycles. The molecule has 0 fully saturated rings. The summed E-state index contributed by atoms with van der Waals surface area (Å²) in [6.07, 6.45) is 0. The molecule has 0 bridgehead atoms. The van der Waals surface area contributed by atoms with Crippen LogP contribution in [0.1, 0.15) is 80.5 Å². The summed E-state index contributed by atoms with van der Waals surface area (Å²) in [4.78, 5) is 80.7. The number of para-hydroxylation sites is 4. The zero-order chi connectivity index (χ0) is 54.6. The third-order valence-electron chi connectivity index (χ3n) is 9.37. The summed E-state index contributed by atoms with van der Waals surface area (Å²) < 4.78 is 31.4. The van der Waals surface area contributed by atoms with Gasteiger partial charge in [0.25, 0.3) is 11.4 Å². The van der Waals surface area contributed by atoms with Crippen molar-refractivity contribution in [2.75, 3.05) is 51.6 Å². The van der Waals surface area contributed by atoms with Crippen LogP contribution in [0.5, 0.6) is 0 Å². The van der Waals surface area contributed by atoms with Crippen LogP contribution < -0.4 is 34.2 Å². The molecule has 0 unspecified atom stereocenters. The first kappa shape index (κ1) is 62.5.